The van der Waals surface area contributed by atoms with E-state index >= 15 is 0 Å². The first kappa shape index (κ1) is 12.8. The largest absolute Gasteiger partial charge is 0.451 e. The quantitative estimate of drug-likeness (QED) is 0.351. The van der Waals surface area contributed by atoms with E-state index in [1.807, 2.05) is 12.1 Å². The van der Waals surface area contributed by atoms with Crippen LogP contribution in [0.1, 0.15) is 5.76 Å². The molecule has 0 unspecified atom stereocenters. The van der Waals surface area contributed by atoms with E-state index in [2.05, 4.69) is 29.2 Å². The lowest BCUT2D eigenvalue weighted by atomic mass is 10.3. The van der Waals surface area contributed by atoms with Crippen LogP contribution in [0.5, 0.6) is 0 Å². The van der Waals surface area contributed by atoms with E-state index in [-0.39, 0.29) is 5.91 Å². The molecule has 3 nitrogen and oxygen atoms in total. The molecular weight excluding hydrogens is 369 g/mol. The monoisotopic (exact) mass is 377 g/mol. The van der Waals surface area contributed by atoms with Gasteiger partial charge in [-0.25, -0.2) is 0 Å². The molecule has 2 rings (SSSR count). The van der Waals surface area contributed by atoms with Crippen LogP contribution in [0.15, 0.2) is 34.1 Å². The molecule has 1 saturated heterocycles. The van der Waals surface area contributed by atoms with Crippen LogP contribution in [0.2, 0.25) is 0 Å². The zero-order valence-electron chi connectivity index (χ0n) is 8.68. The maximum absolute atomic E-state index is 12.0. The molecule has 6 heteroatoms. The van der Waals surface area contributed by atoms with Gasteiger partial charge in [0.2, 0.25) is 0 Å². The van der Waals surface area contributed by atoms with E-state index in [1.54, 1.807) is 12.2 Å². The Morgan fingerprint density at radius 1 is 1.59 bits per heavy atom. The minimum atomic E-state index is -0.0914. The standard InChI is InChI=1S/C11H8INO2S2/c1-2-5-13-10(14)8(17-11(13)16)6-7-3-4-9(12)15-7/h2-4,6H,1,5H2. The predicted molar refractivity (Wildman–Crippen MR) is 81.5 cm³/mol. The summed E-state index contributed by atoms with van der Waals surface area (Å²) in [6.45, 7) is 4.05. The van der Waals surface area contributed by atoms with Gasteiger partial charge in [0.05, 0.1) is 4.91 Å². The third-order valence-corrected chi connectivity index (χ3v) is 4.01. The SMILES string of the molecule is C=CCN1C(=O)C(=Cc2ccc(I)o2)SC1=S. The molecule has 0 aromatic carbocycles. The Morgan fingerprint density at radius 2 is 2.35 bits per heavy atom. The van der Waals surface area contributed by atoms with Gasteiger partial charge in [-0.1, -0.05) is 30.1 Å². The van der Waals surface area contributed by atoms with Crippen LogP contribution in [0, 0.1) is 3.77 Å². The maximum Gasteiger partial charge on any atom is 0.266 e. The summed E-state index contributed by atoms with van der Waals surface area (Å²) in [5.41, 5.74) is 0. The summed E-state index contributed by atoms with van der Waals surface area (Å²) in [5.74, 6) is 0.569. The number of furan rings is 1. The van der Waals surface area contributed by atoms with E-state index in [0.717, 1.165) is 3.77 Å². The fraction of sp³-hybridized carbons (Fsp3) is 0.0909. The van der Waals surface area contributed by atoms with E-state index in [1.165, 1.54) is 16.7 Å². The van der Waals surface area contributed by atoms with E-state index in [9.17, 15) is 4.79 Å². The average Bonchev–Trinajstić information content (AvgIpc) is 2.79. The van der Waals surface area contributed by atoms with Crippen LogP contribution in [0.25, 0.3) is 6.08 Å². The fourth-order valence-electron chi connectivity index (χ4n) is 1.32. The Kier molecular flexibility index (Phi) is 4.05. The highest BCUT2D eigenvalue weighted by Gasteiger charge is 2.31. The number of carbonyl (C=O) groups excluding carboxylic acids is 1. The third-order valence-electron chi connectivity index (χ3n) is 2.05. The van der Waals surface area contributed by atoms with E-state index in [0.29, 0.717) is 21.5 Å². The molecule has 0 saturated carbocycles. The molecule has 1 fully saturated rings. The lowest BCUT2D eigenvalue weighted by Gasteiger charge is -2.10. The molecule has 17 heavy (non-hydrogen) atoms. The Morgan fingerprint density at radius 3 is 2.94 bits per heavy atom. The summed E-state index contributed by atoms with van der Waals surface area (Å²) >= 11 is 8.49. The van der Waals surface area contributed by atoms with Gasteiger partial charge in [0.1, 0.15) is 10.1 Å². The van der Waals surface area contributed by atoms with Crippen molar-refractivity contribution < 1.29 is 9.21 Å². The van der Waals surface area contributed by atoms with Crippen LogP contribution >= 0.6 is 46.6 Å². The number of halogens is 1. The highest BCUT2D eigenvalue weighted by atomic mass is 127. The van der Waals surface area contributed by atoms with Crippen molar-refractivity contribution in [1.29, 1.82) is 0 Å². The summed E-state index contributed by atoms with van der Waals surface area (Å²) in [6.07, 6.45) is 3.37. The zero-order valence-corrected chi connectivity index (χ0v) is 12.5. The number of nitrogens with zero attached hydrogens (tertiary/aromatic N) is 1. The molecule has 88 valence electrons. The molecular formula is C11H8INO2S2. The van der Waals surface area contributed by atoms with E-state index in [4.69, 9.17) is 16.6 Å². The second-order valence-corrected chi connectivity index (χ2v) is 5.96. The first-order valence-electron chi connectivity index (χ1n) is 4.73. The molecule has 2 heterocycles. The van der Waals surface area contributed by atoms with Crippen molar-refractivity contribution in [3.05, 3.63) is 39.2 Å². The number of thiocarbonyl (C=S) groups is 1. The van der Waals surface area contributed by atoms with Gasteiger partial charge >= 0.3 is 0 Å². The lowest BCUT2D eigenvalue weighted by Crippen LogP contribution is -2.27. The molecule has 1 aliphatic heterocycles. The zero-order chi connectivity index (χ0) is 12.4. The Labute approximate surface area is 122 Å². The summed E-state index contributed by atoms with van der Waals surface area (Å²) in [4.78, 5) is 14.1. The van der Waals surface area contributed by atoms with Crippen LogP contribution < -0.4 is 0 Å². The topological polar surface area (TPSA) is 33.5 Å². The molecule has 0 atom stereocenters. The van der Waals surface area contributed by atoms with Gasteiger partial charge < -0.3 is 4.42 Å². The molecule has 1 aromatic rings. The normalized spacial score (nSPS) is 18.2. The number of amides is 1. The van der Waals surface area contributed by atoms with Crippen molar-refractivity contribution in [3.63, 3.8) is 0 Å². The third kappa shape index (κ3) is 2.80. The Hall–Kier alpha value is -0.600. The number of rotatable bonds is 3. The minimum absolute atomic E-state index is 0.0914. The van der Waals surface area contributed by atoms with Crippen LogP contribution in [-0.2, 0) is 4.79 Å². The lowest BCUT2D eigenvalue weighted by molar-refractivity contribution is -0.121. The van der Waals surface area contributed by atoms with Crippen molar-refractivity contribution in [3.8, 4) is 0 Å². The first-order valence-corrected chi connectivity index (χ1v) is 7.04. The fourth-order valence-corrected chi connectivity index (χ4v) is 3.01. The van der Waals surface area contributed by atoms with Gasteiger partial charge in [-0.15, -0.1) is 6.58 Å². The van der Waals surface area contributed by atoms with Crippen molar-refractivity contribution >= 4 is 62.9 Å². The van der Waals surface area contributed by atoms with Gasteiger partial charge in [0.25, 0.3) is 5.91 Å². The van der Waals surface area contributed by atoms with Crippen molar-refractivity contribution in [2.24, 2.45) is 0 Å². The van der Waals surface area contributed by atoms with Gasteiger partial charge in [0, 0.05) is 12.6 Å². The molecule has 1 amide bonds. The van der Waals surface area contributed by atoms with Gasteiger partial charge in [-0.05, 0) is 34.7 Å². The highest BCUT2D eigenvalue weighted by Crippen LogP contribution is 2.32. The smallest absolute Gasteiger partial charge is 0.266 e. The van der Waals surface area contributed by atoms with Gasteiger partial charge in [-0.3, -0.25) is 9.69 Å². The minimum Gasteiger partial charge on any atom is -0.451 e. The maximum atomic E-state index is 12.0. The van der Waals surface area contributed by atoms with Crippen molar-refractivity contribution in [2.45, 2.75) is 0 Å². The molecule has 1 aliphatic rings. The number of carbonyl (C=O) groups is 1. The molecule has 0 N–H and O–H groups in total. The number of hydrogen-bond donors (Lipinski definition) is 0. The van der Waals surface area contributed by atoms with Crippen molar-refractivity contribution in [1.82, 2.24) is 4.90 Å². The van der Waals surface area contributed by atoms with E-state index < -0.39 is 0 Å². The molecule has 1 aromatic heterocycles. The Bertz CT molecular complexity index is 521. The second-order valence-electron chi connectivity index (χ2n) is 3.22. The summed E-state index contributed by atoms with van der Waals surface area (Å²) in [5, 5.41) is 0. The molecule has 0 bridgehead atoms. The average molecular weight is 377 g/mol. The van der Waals surface area contributed by atoms with Gasteiger partial charge in [-0.2, -0.15) is 0 Å². The Balaban J connectivity index is 2.24. The summed E-state index contributed by atoms with van der Waals surface area (Å²) < 4.78 is 6.73. The van der Waals surface area contributed by atoms with Crippen LogP contribution in [-0.4, -0.2) is 21.7 Å². The summed E-state index contributed by atoms with van der Waals surface area (Å²) in [7, 11) is 0. The second kappa shape index (κ2) is 5.36. The number of thioether (sulfide) groups is 1. The predicted octanol–water partition coefficient (Wildman–Crippen LogP) is 3.27. The highest BCUT2D eigenvalue weighted by molar-refractivity contribution is 14.1. The molecule has 0 spiro atoms. The number of hydrogen-bond acceptors (Lipinski definition) is 4. The van der Waals surface area contributed by atoms with Crippen LogP contribution in [0.3, 0.4) is 0 Å². The molecule has 0 aliphatic carbocycles. The van der Waals surface area contributed by atoms with Gasteiger partial charge in [0.15, 0.2) is 3.77 Å². The summed E-state index contributed by atoms with van der Waals surface area (Å²) in [6, 6.07) is 3.67. The van der Waals surface area contributed by atoms with Crippen molar-refractivity contribution in [2.75, 3.05) is 6.54 Å². The van der Waals surface area contributed by atoms with Crippen LogP contribution in [0.4, 0.5) is 0 Å². The molecule has 0 radical (unpaired) electrons. The first-order chi connectivity index (χ1) is 8.11.